The first-order valence-corrected chi connectivity index (χ1v) is 9.11. The SMILES string of the molecule is Cc1nc2sc3c(c2c(=O)n1NC(=O)c1c(Br)cnn1C)CCC3. The number of nitrogens with zero attached hydrogens (tertiary/aromatic N) is 4. The Balaban J connectivity index is 1.82. The van der Waals surface area contributed by atoms with Gasteiger partial charge in [-0.1, -0.05) is 0 Å². The average Bonchev–Trinajstić information content (AvgIpc) is 3.18. The number of halogens is 1. The molecule has 1 amide bonds. The van der Waals surface area contributed by atoms with Gasteiger partial charge < -0.3 is 0 Å². The number of hydrogen-bond donors (Lipinski definition) is 1. The molecule has 3 aromatic heterocycles. The number of aryl methyl sites for hydroxylation is 4. The topological polar surface area (TPSA) is 81.8 Å². The third-order valence-corrected chi connectivity index (χ3v) is 6.00. The molecule has 124 valence electrons. The lowest BCUT2D eigenvalue weighted by Gasteiger charge is -2.11. The van der Waals surface area contributed by atoms with Crippen LogP contribution >= 0.6 is 27.3 Å². The van der Waals surface area contributed by atoms with Crippen molar-refractivity contribution in [3.8, 4) is 0 Å². The number of carbonyl (C=O) groups excluding carboxylic acids is 1. The molecule has 1 N–H and O–H groups in total. The fourth-order valence-corrected chi connectivity index (χ4v) is 4.92. The maximum atomic E-state index is 12.9. The molecule has 7 nitrogen and oxygen atoms in total. The fraction of sp³-hybridized carbons (Fsp3) is 0.333. The Bertz CT molecular complexity index is 1030. The van der Waals surface area contributed by atoms with Crippen molar-refractivity contribution in [2.75, 3.05) is 5.43 Å². The summed E-state index contributed by atoms with van der Waals surface area (Å²) < 4.78 is 3.25. The van der Waals surface area contributed by atoms with Gasteiger partial charge in [-0.25, -0.2) is 9.66 Å². The van der Waals surface area contributed by atoms with Gasteiger partial charge in [0.25, 0.3) is 11.5 Å². The molecule has 1 aliphatic carbocycles. The molecule has 9 heteroatoms. The molecule has 0 radical (unpaired) electrons. The first-order valence-electron chi connectivity index (χ1n) is 7.50. The Morgan fingerprint density at radius 3 is 2.92 bits per heavy atom. The van der Waals surface area contributed by atoms with Crippen LogP contribution < -0.4 is 11.0 Å². The Hall–Kier alpha value is -2.00. The molecule has 0 saturated carbocycles. The molecule has 4 rings (SSSR count). The van der Waals surface area contributed by atoms with Crippen LogP contribution in [0.2, 0.25) is 0 Å². The smallest absolute Gasteiger partial charge is 0.267 e. The maximum Gasteiger partial charge on any atom is 0.289 e. The summed E-state index contributed by atoms with van der Waals surface area (Å²) in [6, 6.07) is 0. The van der Waals surface area contributed by atoms with E-state index in [2.05, 4.69) is 31.4 Å². The third kappa shape index (κ3) is 2.22. The molecule has 0 bridgehead atoms. The molecule has 3 heterocycles. The summed E-state index contributed by atoms with van der Waals surface area (Å²) in [5.41, 5.74) is 3.87. The molecule has 1 aliphatic rings. The zero-order valence-electron chi connectivity index (χ0n) is 13.1. The number of carbonyl (C=O) groups is 1. The molecule has 0 saturated heterocycles. The molecule has 3 aromatic rings. The number of nitrogens with one attached hydrogen (secondary N) is 1. The van der Waals surface area contributed by atoms with E-state index in [-0.39, 0.29) is 5.56 Å². The van der Waals surface area contributed by atoms with Crippen LogP contribution in [0.4, 0.5) is 0 Å². The Kier molecular flexibility index (Phi) is 3.57. The normalized spacial score (nSPS) is 13.5. The van der Waals surface area contributed by atoms with E-state index >= 15 is 0 Å². The highest BCUT2D eigenvalue weighted by Gasteiger charge is 2.24. The van der Waals surface area contributed by atoms with Gasteiger partial charge in [0.1, 0.15) is 16.3 Å². The summed E-state index contributed by atoms with van der Waals surface area (Å²) in [7, 11) is 1.67. The van der Waals surface area contributed by atoms with E-state index in [0.717, 1.165) is 29.7 Å². The van der Waals surface area contributed by atoms with Gasteiger partial charge in [-0.2, -0.15) is 5.10 Å². The molecule has 0 atom stereocenters. The Morgan fingerprint density at radius 1 is 1.42 bits per heavy atom. The minimum absolute atomic E-state index is 0.219. The van der Waals surface area contributed by atoms with Crippen LogP contribution in [0.3, 0.4) is 0 Å². The number of aromatic nitrogens is 4. The van der Waals surface area contributed by atoms with Crippen molar-refractivity contribution in [3.63, 3.8) is 0 Å². The van der Waals surface area contributed by atoms with E-state index in [0.29, 0.717) is 21.4 Å². The van der Waals surface area contributed by atoms with Crippen molar-refractivity contribution in [1.82, 2.24) is 19.4 Å². The van der Waals surface area contributed by atoms with Crippen LogP contribution in [0.1, 0.15) is 33.2 Å². The standard InChI is InChI=1S/C15H14BrN5O2S/c1-7-18-14-11(8-4-3-5-10(8)24-14)15(23)21(7)19-13(22)12-9(16)6-17-20(12)2/h6H,3-5H2,1-2H3,(H,19,22). The van der Waals surface area contributed by atoms with Gasteiger partial charge >= 0.3 is 0 Å². The van der Waals surface area contributed by atoms with E-state index in [1.807, 2.05) is 0 Å². The van der Waals surface area contributed by atoms with E-state index < -0.39 is 5.91 Å². The monoisotopic (exact) mass is 407 g/mol. The molecule has 24 heavy (non-hydrogen) atoms. The number of hydrogen-bond acceptors (Lipinski definition) is 5. The van der Waals surface area contributed by atoms with Crippen molar-refractivity contribution in [1.29, 1.82) is 0 Å². The first-order chi connectivity index (χ1) is 11.5. The van der Waals surface area contributed by atoms with Crippen molar-refractivity contribution in [2.24, 2.45) is 7.05 Å². The quantitative estimate of drug-likeness (QED) is 0.705. The Labute approximate surface area is 149 Å². The molecule has 0 fully saturated rings. The summed E-state index contributed by atoms with van der Waals surface area (Å²) in [6.07, 6.45) is 4.51. The van der Waals surface area contributed by atoms with E-state index in [1.165, 1.54) is 20.4 Å². The predicted molar refractivity (Wildman–Crippen MR) is 95.2 cm³/mol. The molecule has 0 aromatic carbocycles. The number of thiophene rings is 1. The molecule has 0 spiro atoms. The van der Waals surface area contributed by atoms with Crippen molar-refractivity contribution in [2.45, 2.75) is 26.2 Å². The van der Waals surface area contributed by atoms with E-state index in [9.17, 15) is 9.59 Å². The molecule has 0 aliphatic heterocycles. The van der Waals surface area contributed by atoms with Crippen molar-refractivity contribution < 1.29 is 4.79 Å². The van der Waals surface area contributed by atoms with E-state index in [1.54, 1.807) is 25.3 Å². The molecular formula is C15H14BrN5O2S. The van der Waals surface area contributed by atoms with Gasteiger partial charge in [0.2, 0.25) is 0 Å². The van der Waals surface area contributed by atoms with Crippen LogP contribution in [0.5, 0.6) is 0 Å². The highest BCUT2D eigenvalue weighted by atomic mass is 79.9. The van der Waals surface area contributed by atoms with Gasteiger partial charge in [-0.15, -0.1) is 11.3 Å². The third-order valence-electron chi connectivity index (χ3n) is 4.23. The van der Waals surface area contributed by atoms with Gasteiger partial charge in [0.15, 0.2) is 0 Å². The van der Waals surface area contributed by atoms with Gasteiger partial charge in [-0.05, 0) is 47.7 Å². The average molecular weight is 408 g/mol. The highest BCUT2D eigenvalue weighted by Crippen LogP contribution is 2.34. The second-order valence-corrected chi connectivity index (χ2v) is 7.68. The lowest BCUT2D eigenvalue weighted by Crippen LogP contribution is -2.36. The van der Waals surface area contributed by atoms with Gasteiger partial charge in [0, 0.05) is 11.9 Å². The van der Waals surface area contributed by atoms with Crippen LogP contribution in [-0.2, 0) is 19.9 Å². The minimum Gasteiger partial charge on any atom is -0.267 e. The first kappa shape index (κ1) is 15.5. The van der Waals surface area contributed by atoms with Crippen LogP contribution in [0, 0.1) is 6.92 Å². The largest absolute Gasteiger partial charge is 0.289 e. The van der Waals surface area contributed by atoms with E-state index in [4.69, 9.17) is 0 Å². The second-order valence-electron chi connectivity index (χ2n) is 5.74. The molecular weight excluding hydrogens is 394 g/mol. The zero-order valence-corrected chi connectivity index (χ0v) is 15.5. The number of amides is 1. The summed E-state index contributed by atoms with van der Waals surface area (Å²) >= 11 is 4.88. The minimum atomic E-state index is -0.417. The second kappa shape index (κ2) is 5.52. The number of rotatable bonds is 2. The lowest BCUT2D eigenvalue weighted by molar-refractivity contribution is 0.0996. The van der Waals surface area contributed by atoms with Crippen LogP contribution in [0.25, 0.3) is 10.2 Å². The summed E-state index contributed by atoms with van der Waals surface area (Å²) in [4.78, 5) is 32.0. The number of fused-ring (bicyclic) bond motifs is 3. The predicted octanol–water partition coefficient (Wildman–Crippen LogP) is 2.14. The lowest BCUT2D eigenvalue weighted by atomic mass is 10.2. The van der Waals surface area contributed by atoms with Crippen LogP contribution in [-0.4, -0.2) is 25.3 Å². The van der Waals surface area contributed by atoms with Crippen molar-refractivity contribution >= 4 is 43.4 Å². The summed E-state index contributed by atoms with van der Waals surface area (Å²) in [5.74, 6) is 0.0409. The molecule has 0 unspecified atom stereocenters. The van der Waals surface area contributed by atoms with Crippen LogP contribution in [0.15, 0.2) is 15.5 Å². The summed E-state index contributed by atoms with van der Waals surface area (Å²) in [5, 5.41) is 4.66. The van der Waals surface area contributed by atoms with Crippen molar-refractivity contribution in [3.05, 3.63) is 43.0 Å². The zero-order chi connectivity index (χ0) is 17.0. The fourth-order valence-electron chi connectivity index (χ4n) is 3.10. The highest BCUT2D eigenvalue weighted by molar-refractivity contribution is 9.10. The summed E-state index contributed by atoms with van der Waals surface area (Å²) in [6.45, 7) is 1.71. The van der Waals surface area contributed by atoms with Gasteiger partial charge in [-0.3, -0.25) is 19.7 Å². The Morgan fingerprint density at radius 2 is 2.21 bits per heavy atom. The maximum absolute atomic E-state index is 12.9. The van der Waals surface area contributed by atoms with Gasteiger partial charge in [0.05, 0.1) is 16.1 Å².